The number of carbonyl (C=O) groups excluding carboxylic acids is 3. The monoisotopic (exact) mass is 483 g/mol. The van der Waals surface area contributed by atoms with Gasteiger partial charge in [-0.1, -0.05) is 27.7 Å². The van der Waals surface area contributed by atoms with Gasteiger partial charge in [-0.15, -0.1) is 0 Å². The number of esters is 1. The number of nitrogens with one attached hydrogen (secondary N) is 1. The Morgan fingerprint density at radius 1 is 1.00 bits per heavy atom. The minimum atomic E-state index is -0.447. The van der Waals surface area contributed by atoms with Gasteiger partial charge < -0.3 is 29.3 Å². The molecule has 196 valence electrons. The molecule has 2 atom stereocenters. The van der Waals surface area contributed by atoms with Crippen LogP contribution in [0.4, 0.5) is 0 Å². The molecule has 2 aliphatic heterocycles. The predicted octanol–water partition coefficient (Wildman–Crippen LogP) is 1.69. The maximum atomic E-state index is 13.5. The first-order chi connectivity index (χ1) is 16.2. The first-order valence-corrected chi connectivity index (χ1v) is 12.8. The summed E-state index contributed by atoms with van der Waals surface area (Å²) >= 11 is 0. The van der Waals surface area contributed by atoms with Gasteiger partial charge in [-0.3, -0.25) is 14.4 Å². The third-order valence-electron chi connectivity index (χ3n) is 6.43. The highest BCUT2D eigenvalue weighted by Crippen LogP contribution is 2.24. The fourth-order valence-electron chi connectivity index (χ4n) is 4.64. The number of hydrogen-bond acceptors (Lipinski definition) is 7. The van der Waals surface area contributed by atoms with Crippen LogP contribution in [0.5, 0.6) is 0 Å². The van der Waals surface area contributed by atoms with Crippen molar-refractivity contribution in [1.29, 1.82) is 0 Å². The van der Waals surface area contributed by atoms with Crippen molar-refractivity contribution < 1.29 is 28.6 Å². The van der Waals surface area contributed by atoms with Gasteiger partial charge in [0.15, 0.2) is 0 Å². The smallest absolute Gasteiger partial charge is 0.309 e. The van der Waals surface area contributed by atoms with E-state index in [9.17, 15) is 14.4 Å². The van der Waals surface area contributed by atoms with Crippen molar-refractivity contribution in [2.24, 2.45) is 17.8 Å². The maximum Gasteiger partial charge on any atom is 0.309 e. The maximum absolute atomic E-state index is 13.5. The summed E-state index contributed by atoms with van der Waals surface area (Å²) in [4.78, 5) is 42.8. The molecule has 0 radical (unpaired) electrons. The first kappa shape index (κ1) is 28.5. The molecule has 2 unspecified atom stereocenters. The van der Waals surface area contributed by atoms with E-state index in [-0.39, 0.29) is 36.4 Å². The molecular weight excluding hydrogens is 438 g/mol. The van der Waals surface area contributed by atoms with Gasteiger partial charge in [0.05, 0.1) is 31.8 Å². The van der Waals surface area contributed by atoms with Crippen LogP contribution >= 0.6 is 0 Å². The summed E-state index contributed by atoms with van der Waals surface area (Å²) in [5.74, 6) is 0.295. The Morgan fingerprint density at radius 3 is 2.29 bits per heavy atom. The van der Waals surface area contributed by atoms with Gasteiger partial charge in [0.1, 0.15) is 12.6 Å². The SMILES string of the molecule is COCCOCCOC(=O)C1CCN(C(=O)C(CC(C)C)N2CCNC(CC(C)C)C2=O)CC1. The lowest BCUT2D eigenvalue weighted by atomic mass is 9.94. The molecule has 2 heterocycles. The minimum absolute atomic E-state index is 0.00519. The summed E-state index contributed by atoms with van der Waals surface area (Å²) in [5.41, 5.74) is 0. The Morgan fingerprint density at radius 2 is 1.68 bits per heavy atom. The molecule has 0 aromatic carbocycles. The van der Waals surface area contributed by atoms with Crippen molar-refractivity contribution in [3.05, 3.63) is 0 Å². The van der Waals surface area contributed by atoms with E-state index in [1.807, 2.05) is 4.90 Å². The van der Waals surface area contributed by atoms with Crippen molar-refractivity contribution in [2.75, 3.05) is 59.7 Å². The number of amides is 2. The average Bonchev–Trinajstić information content (AvgIpc) is 2.80. The number of rotatable bonds is 13. The van der Waals surface area contributed by atoms with Crippen LogP contribution in [-0.2, 0) is 28.6 Å². The van der Waals surface area contributed by atoms with E-state index in [2.05, 4.69) is 33.0 Å². The largest absolute Gasteiger partial charge is 0.463 e. The number of carbonyl (C=O) groups is 3. The molecule has 9 heteroatoms. The third-order valence-corrected chi connectivity index (χ3v) is 6.43. The Bertz CT molecular complexity index is 649. The fourth-order valence-corrected chi connectivity index (χ4v) is 4.64. The van der Waals surface area contributed by atoms with Crippen molar-refractivity contribution in [3.63, 3.8) is 0 Å². The molecule has 1 N–H and O–H groups in total. The fraction of sp³-hybridized carbons (Fsp3) is 0.880. The predicted molar refractivity (Wildman–Crippen MR) is 129 cm³/mol. The number of piperazine rings is 1. The molecule has 2 saturated heterocycles. The summed E-state index contributed by atoms with van der Waals surface area (Å²) in [6, 6.07) is -0.674. The third kappa shape index (κ3) is 8.82. The zero-order valence-corrected chi connectivity index (χ0v) is 21.7. The van der Waals surface area contributed by atoms with E-state index < -0.39 is 6.04 Å². The molecule has 0 saturated carbocycles. The van der Waals surface area contributed by atoms with Crippen LogP contribution in [-0.4, -0.2) is 99.4 Å². The number of ether oxygens (including phenoxy) is 3. The normalized spacial score (nSPS) is 20.8. The molecule has 9 nitrogen and oxygen atoms in total. The Balaban J connectivity index is 1.89. The number of hydrogen-bond donors (Lipinski definition) is 1. The summed E-state index contributed by atoms with van der Waals surface area (Å²) in [7, 11) is 1.61. The highest BCUT2D eigenvalue weighted by atomic mass is 16.6. The Labute approximate surface area is 204 Å². The molecule has 2 rings (SSSR count). The molecule has 0 spiro atoms. The van der Waals surface area contributed by atoms with E-state index in [0.29, 0.717) is 77.1 Å². The molecular formula is C25H45N3O6. The molecule has 2 amide bonds. The second kappa shape index (κ2) is 14.6. The van der Waals surface area contributed by atoms with Crippen molar-refractivity contribution in [3.8, 4) is 0 Å². The van der Waals surface area contributed by atoms with Gasteiger partial charge in [0.25, 0.3) is 0 Å². The molecule has 0 bridgehead atoms. The van der Waals surface area contributed by atoms with Crippen LogP contribution in [0.1, 0.15) is 53.4 Å². The minimum Gasteiger partial charge on any atom is -0.463 e. The zero-order chi connectivity index (χ0) is 25.1. The van der Waals surface area contributed by atoms with Gasteiger partial charge in [-0.2, -0.15) is 0 Å². The van der Waals surface area contributed by atoms with Gasteiger partial charge in [0.2, 0.25) is 11.8 Å². The number of nitrogens with zero attached hydrogens (tertiary/aromatic N) is 2. The van der Waals surface area contributed by atoms with Crippen LogP contribution < -0.4 is 5.32 Å². The van der Waals surface area contributed by atoms with Crippen LogP contribution in [0.3, 0.4) is 0 Å². The van der Waals surface area contributed by atoms with Gasteiger partial charge >= 0.3 is 5.97 Å². The number of likely N-dealkylation sites (tertiary alicyclic amines) is 1. The summed E-state index contributed by atoms with van der Waals surface area (Å²) < 4.78 is 15.6. The molecule has 2 fully saturated rings. The highest BCUT2D eigenvalue weighted by molar-refractivity contribution is 5.90. The van der Waals surface area contributed by atoms with E-state index in [1.54, 1.807) is 12.0 Å². The summed E-state index contributed by atoms with van der Waals surface area (Å²) in [6.45, 7) is 12.2. The molecule has 2 aliphatic rings. The van der Waals surface area contributed by atoms with E-state index in [1.165, 1.54) is 0 Å². The Hall–Kier alpha value is -1.71. The van der Waals surface area contributed by atoms with Crippen molar-refractivity contribution in [2.45, 2.75) is 65.5 Å². The first-order valence-electron chi connectivity index (χ1n) is 12.8. The molecule has 34 heavy (non-hydrogen) atoms. The van der Waals surface area contributed by atoms with Crippen molar-refractivity contribution >= 4 is 17.8 Å². The number of piperidine rings is 1. The zero-order valence-electron chi connectivity index (χ0n) is 21.7. The molecule has 0 aliphatic carbocycles. The number of methoxy groups -OCH3 is 1. The van der Waals surface area contributed by atoms with Gasteiger partial charge in [-0.25, -0.2) is 0 Å². The second-order valence-corrected chi connectivity index (χ2v) is 10.2. The summed E-state index contributed by atoms with van der Waals surface area (Å²) in [6.07, 6.45) is 2.57. The van der Waals surface area contributed by atoms with Gasteiger partial charge in [0, 0.05) is 33.3 Å². The molecule has 0 aromatic rings. The van der Waals surface area contributed by atoms with Crippen LogP contribution in [0.15, 0.2) is 0 Å². The van der Waals surface area contributed by atoms with Crippen LogP contribution in [0.25, 0.3) is 0 Å². The van der Waals surface area contributed by atoms with E-state index in [0.717, 1.165) is 6.42 Å². The highest BCUT2D eigenvalue weighted by Gasteiger charge is 2.39. The van der Waals surface area contributed by atoms with E-state index in [4.69, 9.17) is 14.2 Å². The standard InChI is InChI=1S/C25H45N3O6/c1-18(2)16-21-23(29)28(11-8-26-21)22(17-19(3)4)24(30)27-9-6-20(7-10-27)25(31)34-15-14-33-13-12-32-5/h18-22,26H,6-17H2,1-5H3. The summed E-state index contributed by atoms with van der Waals surface area (Å²) in [5, 5.41) is 3.32. The lowest BCUT2D eigenvalue weighted by Gasteiger charge is -2.42. The lowest BCUT2D eigenvalue weighted by molar-refractivity contribution is -0.155. The molecule has 0 aromatic heterocycles. The average molecular weight is 484 g/mol. The van der Waals surface area contributed by atoms with Crippen molar-refractivity contribution in [1.82, 2.24) is 15.1 Å². The van der Waals surface area contributed by atoms with Crippen LogP contribution in [0, 0.1) is 17.8 Å². The quantitative estimate of drug-likeness (QED) is 0.314. The topological polar surface area (TPSA) is 97.4 Å². The van der Waals surface area contributed by atoms with Gasteiger partial charge in [-0.05, 0) is 37.5 Å². The second-order valence-electron chi connectivity index (χ2n) is 10.2. The van der Waals surface area contributed by atoms with Crippen LogP contribution in [0.2, 0.25) is 0 Å². The lowest BCUT2D eigenvalue weighted by Crippen LogP contribution is -2.62. The Kier molecular flexibility index (Phi) is 12.3. The van der Waals surface area contributed by atoms with E-state index >= 15 is 0 Å².